The van der Waals surface area contributed by atoms with Crippen molar-refractivity contribution in [3.8, 4) is 5.88 Å². The molecule has 2 amide bonds. The summed E-state index contributed by atoms with van der Waals surface area (Å²) < 4.78 is 12.1. The van der Waals surface area contributed by atoms with Crippen LogP contribution in [0.5, 0.6) is 5.88 Å². The summed E-state index contributed by atoms with van der Waals surface area (Å²) >= 11 is 0. The van der Waals surface area contributed by atoms with Crippen LogP contribution in [0.3, 0.4) is 0 Å². The van der Waals surface area contributed by atoms with Crippen LogP contribution < -0.4 is 4.74 Å². The number of ether oxygens (including phenoxy) is 2. The number of nitrogens with zero attached hydrogens (tertiary/aromatic N) is 4. The van der Waals surface area contributed by atoms with Gasteiger partial charge in [-0.3, -0.25) is 0 Å². The van der Waals surface area contributed by atoms with Crippen molar-refractivity contribution in [2.45, 2.75) is 64.4 Å². The summed E-state index contributed by atoms with van der Waals surface area (Å²) in [5.74, 6) is 1.78. The van der Waals surface area contributed by atoms with Crippen LogP contribution in [0.1, 0.15) is 62.5 Å². The van der Waals surface area contributed by atoms with E-state index in [0.717, 1.165) is 75.2 Å². The molecule has 1 aromatic heterocycles. The van der Waals surface area contributed by atoms with E-state index in [1.165, 1.54) is 0 Å². The minimum Gasteiger partial charge on any atom is -0.472 e. The number of amides is 2. The average molecular weight is 389 g/mol. The number of hydrogen-bond donors (Lipinski definition) is 0. The number of fused-ring (bicyclic) bond motifs is 1. The molecule has 0 saturated carbocycles. The quantitative estimate of drug-likeness (QED) is 0.796. The van der Waals surface area contributed by atoms with Gasteiger partial charge in [-0.2, -0.15) is 4.98 Å². The van der Waals surface area contributed by atoms with Crippen molar-refractivity contribution in [3.63, 3.8) is 0 Å². The predicted molar refractivity (Wildman–Crippen MR) is 106 cm³/mol. The van der Waals surface area contributed by atoms with Crippen LogP contribution in [-0.2, 0) is 17.6 Å². The topological polar surface area (TPSA) is 67.8 Å². The second-order valence-electron chi connectivity index (χ2n) is 8.38. The Kier molecular flexibility index (Phi) is 5.99. The van der Waals surface area contributed by atoms with E-state index in [4.69, 9.17) is 19.4 Å². The minimum absolute atomic E-state index is 0.0107. The lowest BCUT2D eigenvalue weighted by Crippen LogP contribution is -2.49. The number of hydrogen-bond acceptors (Lipinski definition) is 5. The second-order valence-corrected chi connectivity index (χ2v) is 8.38. The molecule has 0 aromatic carbocycles. The van der Waals surface area contributed by atoms with Crippen molar-refractivity contribution < 1.29 is 14.3 Å². The van der Waals surface area contributed by atoms with Crippen molar-refractivity contribution in [2.24, 2.45) is 0 Å². The highest BCUT2D eigenvalue weighted by Crippen LogP contribution is 2.28. The van der Waals surface area contributed by atoms with E-state index in [-0.39, 0.29) is 18.1 Å². The first-order chi connectivity index (χ1) is 13.6. The third-order valence-electron chi connectivity index (χ3n) is 5.87. The number of urea groups is 1. The Morgan fingerprint density at radius 3 is 2.61 bits per heavy atom. The molecule has 2 fully saturated rings. The van der Waals surface area contributed by atoms with Crippen LogP contribution >= 0.6 is 0 Å². The number of carbonyl (C=O) groups excluding carboxylic acids is 1. The molecular formula is C21H32N4O3. The van der Waals surface area contributed by atoms with Crippen molar-refractivity contribution in [1.29, 1.82) is 0 Å². The van der Waals surface area contributed by atoms with Gasteiger partial charge in [-0.15, -0.1) is 0 Å². The van der Waals surface area contributed by atoms with Crippen molar-refractivity contribution in [3.05, 3.63) is 17.1 Å². The Morgan fingerprint density at radius 1 is 1.07 bits per heavy atom. The summed E-state index contributed by atoms with van der Waals surface area (Å²) in [6.07, 6.45) is 5.74. The first kappa shape index (κ1) is 19.4. The van der Waals surface area contributed by atoms with Gasteiger partial charge in [0.05, 0.1) is 25.5 Å². The first-order valence-corrected chi connectivity index (χ1v) is 10.8. The van der Waals surface area contributed by atoms with Gasteiger partial charge in [-0.05, 0) is 25.7 Å². The maximum Gasteiger partial charge on any atom is 0.320 e. The molecule has 0 bridgehead atoms. The molecule has 4 heterocycles. The van der Waals surface area contributed by atoms with Crippen LogP contribution in [0, 0.1) is 0 Å². The van der Waals surface area contributed by atoms with E-state index in [2.05, 4.69) is 13.8 Å². The van der Waals surface area contributed by atoms with E-state index in [1.54, 1.807) is 0 Å². The normalized spacial score (nSPS) is 22.9. The fourth-order valence-corrected chi connectivity index (χ4v) is 4.26. The maximum absolute atomic E-state index is 12.8. The second kappa shape index (κ2) is 8.64. The monoisotopic (exact) mass is 388 g/mol. The van der Waals surface area contributed by atoms with Crippen LogP contribution in [0.25, 0.3) is 0 Å². The number of rotatable bonds is 3. The van der Waals surface area contributed by atoms with E-state index in [1.807, 2.05) is 9.80 Å². The largest absolute Gasteiger partial charge is 0.472 e. The number of likely N-dealkylation sites (tertiary alicyclic amines) is 2. The molecule has 0 aliphatic carbocycles. The molecule has 7 nitrogen and oxygen atoms in total. The molecule has 1 atom stereocenters. The third-order valence-corrected chi connectivity index (χ3v) is 5.87. The van der Waals surface area contributed by atoms with Crippen LogP contribution in [0.4, 0.5) is 4.79 Å². The molecule has 1 unspecified atom stereocenters. The van der Waals surface area contributed by atoms with E-state index in [9.17, 15) is 4.79 Å². The van der Waals surface area contributed by atoms with Gasteiger partial charge in [-0.25, -0.2) is 9.78 Å². The lowest BCUT2D eigenvalue weighted by molar-refractivity contribution is 0.0841. The first-order valence-electron chi connectivity index (χ1n) is 10.8. The molecule has 0 spiro atoms. The van der Waals surface area contributed by atoms with Crippen LogP contribution in [0.2, 0.25) is 0 Å². The molecule has 1 aromatic rings. The highest BCUT2D eigenvalue weighted by molar-refractivity contribution is 5.74. The molecule has 2 saturated heterocycles. The van der Waals surface area contributed by atoms with Gasteiger partial charge in [0.15, 0.2) is 0 Å². The molecule has 154 valence electrons. The zero-order valence-corrected chi connectivity index (χ0v) is 17.2. The van der Waals surface area contributed by atoms with Gasteiger partial charge in [0, 0.05) is 44.0 Å². The Labute approximate surface area is 167 Å². The summed E-state index contributed by atoms with van der Waals surface area (Å²) in [6.45, 7) is 8.83. The highest BCUT2D eigenvalue weighted by Gasteiger charge is 2.30. The lowest BCUT2D eigenvalue weighted by atomic mass is 10.1. The van der Waals surface area contributed by atoms with Crippen molar-refractivity contribution in [1.82, 2.24) is 19.8 Å². The Morgan fingerprint density at radius 2 is 1.82 bits per heavy atom. The third kappa shape index (κ3) is 4.24. The molecule has 7 heteroatoms. The predicted octanol–water partition coefficient (Wildman–Crippen LogP) is 2.77. The number of carbonyl (C=O) groups is 1. The lowest BCUT2D eigenvalue weighted by Gasteiger charge is -2.35. The van der Waals surface area contributed by atoms with Crippen LogP contribution in [-0.4, -0.2) is 71.3 Å². The van der Waals surface area contributed by atoms with E-state index >= 15 is 0 Å². The van der Waals surface area contributed by atoms with Gasteiger partial charge in [0.2, 0.25) is 5.88 Å². The fourth-order valence-electron chi connectivity index (χ4n) is 4.26. The smallest absolute Gasteiger partial charge is 0.320 e. The van der Waals surface area contributed by atoms with Crippen LogP contribution in [0.15, 0.2) is 0 Å². The standard InChI is InChI=1S/C21H32N4O3/c1-15(2)19-22-18-8-13-27-12-7-17(18)20(23-19)28-16-6-5-11-25(14-16)21(26)24-9-3-4-10-24/h15-16H,3-14H2,1-2H3. The van der Waals surface area contributed by atoms with Crippen molar-refractivity contribution >= 4 is 6.03 Å². The van der Waals surface area contributed by atoms with E-state index < -0.39 is 0 Å². The summed E-state index contributed by atoms with van der Waals surface area (Å²) in [5, 5.41) is 0. The maximum atomic E-state index is 12.8. The summed E-state index contributed by atoms with van der Waals surface area (Å²) in [7, 11) is 0. The van der Waals surface area contributed by atoms with Gasteiger partial charge in [0.25, 0.3) is 0 Å². The van der Waals surface area contributed by atoms with Gasteiger partial charge < -0.3 is 19.3 Å². The molecule has 0 radical (unpaired) electrons. The minimum atomic E-state index is -0.0107. The van der Waals surface area contributed by atoms with Gasteiger partial charge in [-0.1, -0.05) is 13.8 Å². The SMILES string of the molecule is CC(C)c1nc2c(c(OC3CCCN(C(=O)N4CCCC4)C3)n1)CCOCC2. The van der Waals surface area contributed by atoms with Gasteiger partial charge >= 0.3 is 6.03 Å². The zero-order valence-electron chi connectivity index (χ0n) is 17.2. The zero-order chi connectivity index (χ0) is 19.5. The highest BCUT2D eigenvalue weighted by atomic mass is 16.5. The number of piperidine rings is 1. The summed E-state index contributed by atoms with van der Waals surface area (Å²) in [5.41, 5.74) is 2.15. The van der Waals surface area contributed by atoms with Gasteiger partial charge in [0.1, 0.15) is 11.9 Å². The number of aromatic nitrogens is 2. The Balaban J connectivity index is 1.51. The van der Waals surface area contributed by atoms with E-state index in [0.29, 0.717) is 25.6 Å². The molecule has 3 aliphatic heterocycles. The molecule has 28 heavy (non-hydrogen) atoms. The molecule has 0 N–H and O–H groups in total. The molecular weight excluding hydrogens is 356 g/mol. The van der Waals surface area contributed by atoms with Crippen molar-refractivity contribution in [2.75, 3.05) is 39.4 Å². The summed E-state index contributed by atoms with van der Waals surface area (Å²) in [6, 6.07) is 0.170. The Bertz CT molecular complexity index is 703. The average Bonchev–Trinajstić information content (AvgIpc) is 3.12. The molecule has 4 rings (SSSR count). The molecule has 3 aliphatic rings. The summed E-state index contributed by atoms with van der Waals surface area (Å²) in [4.78, 5) is 26.3. The Hall–Kier alpha value is -1.89. The fraction of sp³-hybridized carbons (Fsp3) is 0.762.